The first-order valence-electron chi connectivity index (χ1n) is 7.55. The lowest BCUT2D eigenvalue weighted by Gasteiger charge is -2.05. The lowest BCUT2D eigenvalue weighted by Crippen LogP contribution is -2.02. The highest BCUT2D eigenvalue weighted by molar-refractivity contribution is 6.70. The summed E-state index contributed by atoms with van der Waals surface area (Å²) in [6, 6.07) is 10.3. The van der Waals surface area contributed by atoms with Crippen molar-refractivity contribution >= 4 is 40.9 Å². The Bertz CT molecular complexity index is 865. The summed E-state index contributed by atoms with van der Waals surface area (Å²) < 4.78 is 3.64. The maximum absolute atomic E-state index is 6.11. The Morgan fingerprint density at radius 1 is 1.12 bits per heavy atom. The van der Waals surface area contributed by atoms with Gasteiger partial charge in [0.2, 0.25) is 0 Å². The first-order valence-corrected chi connectivity index (χ1v) is 8.46. The molecule has 0 N–H and O–H groups in total. The molecule has 0 unspecified atom stereocenters. The molecule has 2 heterocycles. The second-order valence-corrected chi connectivity index (χ2v) is 5.91. The lowest BCUT2D eigenvalue weighted by atomic mass is 10.1. The van der Waals surface area contributed by atoms with Crippen LogP contribution in [0.5, 0.6) is 0 Å². The van der Waals surface area contributed by atoms with Gasteiger partial charge in [-0.15, -0.1) is 11.6 Å². The van der Waals surface area contributed by atoms with Crippen LogP contribution in [0.1, 0.15) is 16.7 Å². The van der Waals surface area contributed by atoms with Gasteiger partial charge in [0.05, 0.1) is 18.7 Å². The van der Waals surface area contributed by atoms with Crippen molar-refractivity contribution in [2.24, 2.45) is 9.98 Å². The fourth-order valence-corrected chi connectivity index (χ4v) is 2.78. The highest BCUT2D eigenvalue weighted by Gasteiger charge is 2.12. The highest BCUT2D eigenvalue weighted by Crippen LogP contribution is 2.20. The van der Waals surface area contributed by atoms with Crippen LogP contribution in [-0.2, 0) is 13.1 Å². The zero-order valence-electron chi connectivity index (χ0n) is 13.4. The molecule has 0 amide bonds. The van der Waals surface area contributed by atoms with E-state index in [1.54, 1.807) is 17.1 Å². The van der Waals surface area contributed by atoms with Crippen molar-refractivity contribution in [3.63, 3.8) is 0 Å². The maximum atomic E-state index is 6.11. The van der Waals surface area contributed by atoms with Crippen LogP contribution in [-0.4, -0.2) is 37.5 Å². The molecule has 3 rings (SSSR count). The van der Waals surface area contributed by atoms with Crippen molar-refractivity contribution < 1.29 is 0 Å². The number of nitrogens with zero attached hydrogens (tertiary/aromatic N) is 6. The van der Waals surface area contributed by atoms with E-state index in [1.807, 2.05) is 16.9 Å². The molecular formula is C17H16Cl2N6. The molecule has 0 radical (unpaired) electrons. The molecule has 1 aromatic carbocycles. The average molecular weight is 375 g/mol. The molecule has 6 nitrogen and oxygen atoms in total. The number of halogens is 2. The van der Waals surface area contributed by atoms with Gasteiger partial charge in [0.1, 0.15) is 11.2 Å². The van der Waals surface area contributed by atoms with Gasteiger partial charge < -0.3 is 0 Å². The van der Waals surface area contributed by atoms with Crippen molar-refractivity contribution in [1.82, 2.24) is 19.6 Å². The van der Waals surface area contributed by atoms with Crippen LogP contribution in [0.4, 0.5) is 5.82 Å². The molecule has 0 aliphatic carbocycles. The number of hydrogen-bond donors (Lipinski definition) is 0. The molecule has 128 valence electrons. The van der Waals surface area contributed by atoms with Crippen molar-refractivity contribution in [1.29, 1.82) is 0 Å². The van der Waals surface area contributed by atoms with Gasteiger partial charge >= 0.3 is 0 Å². The number of benzene rings is 1. The van der Waals surface area contributed by atoms with Crippen molar-refractivity contribution in [3.05, 3.63) is 65.6 Å². The molecule has 0 saturated carbocycles. The smallest absolute Gasteiger partial charge is 0.183 e. The topological polar surface area (TPSA) is 60.4 Å². The van der Waals surface area contributed by atoms with E-state index < -0.39 is 0 Å². The van der Waals surface area contributed by atoms with Crippen LogP contribution < -0.4 is 0 Å². The Labute approximate surface area is 155 Å². The molecule has 0 bridgehead atoms. The second-order valence-electron chi connectivity index (χ2n) is 5.31. The Balaban J connectivity index is 1.74. The summed E-state index contributed by atoms with van der Waals surface area (Å²) in [5.74, 6) is 0.439. The summed E-state index contributed by atoms with van der Waals surface area (Å²) in [6.07, 6.45) is 5.50. The molecule has 2 aromatic heterocycles. The zero-order chi connectivity index (χ0) is 17.6. The monoisotopic (exact) mass is 374 g/mol. The van der Waals surface area contributed by atoms with Gasteiger partial charge in [-0.25, -0.2) is 4.99 Å². The summed E-state index contributed by atoms with van der Waals surface area (Å²) in [4.78, 5) is 7.86. The van der Waals surface area contributed by atoms with Gasteiger partial charge in [0.25, 0.3) is 0 Å². The number of hydrogen-bond acceptors (Lipinski definition) is 4. The molecule has 0 saturated heterocycles. The zero-order valence-corrected chi connectivity index (χ0v) is 14.9. The number of alkyl halides is 1. The maximum Gasteiger partial charge on any atom is 0.183 e. The molecular weight excluding hydrogens is 359 g/mol. The minimum absolute atomic E-state index is 0.0817. The SMILES string of the molecule is C=Nc1nn(Cc2ccc(Cn3cccn3)cc2)cc1/C(Cl)=N\CCl. The first kappa shape index (κ1) is 17.4. The van der Waals surface area contributed by atoms with Gasteiger partial charge in [-0.1, -0.05) is 35.9 Å². The third-order valence-electron chi connectivity index (χ3n) is 3.58. The van der Waals surface area contributed by atoms with Crippen LogP contribution in [0, 0.1) is 0 Å². The fourth-order valence-electron chi connectivity index (χ4n) is 2.41. The van der Waals surface area contributed by atoms with Gasteiger partial charge in [0, 0.05) is 18.6 Å². The minimum Gasteiger partial charge on any atom is -0.268 e. The van der Waals surface area contributed by atoms with Gasteiger partial charge in [-0.3, -0.25) is 14.4 Å². The Hall–Kier alpha value is -2.44. The molecule has 25 heavy (non-hydrogen) atoms. The molecule has 0 spiro atoms. The minimum atomic E-state index is 0.0817. The lowest BCUT2D eigenvalue weighted by molar-refractivity contribution is 0.679. The quantitative estimate of drug-likeness (QED) is 0.359. The number of rotatable bonds is 7. The van der Waals surface area contributed by atoms with E-state index in [-0.39, 0.29) is 11.2 Å². The first-order chi connectivity index (χ1) is 12.2. The standard InChI is InChI=1S/C17H16Cl2N6/c1-20-17-15(16(19)21-12-18)11-25(23-17)10-14-5-3-13(4-6-14)9-24-8-2-7-22-24/h2-8,11H,1,9-10,12H2/b21-16+. The largest absolute Gasteiger partial charge is 0.268 e. The van der Waals surface area contributed by atoms with E-state index in [4.69, 9.17) is 23.2 Å². The Kier molecular flexibility index (Phi) is 5.63. The van der Waals surface area contributed by atoms with E-state index >= 15 is 0 Å². The summed E-state index contributed by atoms with van der Waals surface area (Å²) in [5, 5.41) is 8.86. The van der Waals surface area contributed by atoms with Crippen LogP contribution in [0.2, 0.25) is 0 Å². The fraction of sp³-hybridized carbons (Fsp3) is 0.176. The van der Waals surface area contributed by atoms with Crippen molar-refractivity contribution in [2.75, 3.05) is 6.00 Å². The average Bonchev–Trinajstić information content (AvgIpc) is 3.26. The van der Waals surface area contributed by atoms with Gasteiger partial charge in [-0.05, 0) is 23.9 Å². The van der Waals surface area contributed by atoms with Crippen LogP contribution >= 0.6 is 23.2 Å². The third kappa shape index (κ3) is 4.35. The summed E-state index contributed by atoms with van der Waals surface area (Å²) in [6.45, 7) is 4.86. The summed E-state index contributed by atoms with van der Waals surface area (Å²) in [7, 11) is 0. The van der Waals surface area contributed by atoms with Crippen molar-refractivity contribution in [2.45, 2.75) is 13.1 Å². The van der Waals surface area contributed by atoms with E-state index in [0.29, 0.717) is 17.9 Å². The van der Waals surface area contributed by atoms with Crippen LogP contribution in [0.25, 0.3) is 0 Å². The summed E-state index contributed by atoms with van der Waals surface area (Å²) >= 11 is 11.7. The molecule has 8 heteroatoms. The predicted octanol–water partition coefficient (Wildman–Crippen LogP) is 3.69. The number of aromatic nitrogens is 4. The van der Waals surface area contributed by atoms with E-state index in [1.165, 1.54) is 5.56 Å². The van der Waals surface area contributed by atoms with Gasteiger partial charge in [0.15, 0.2) is 5.82 Å². The molecule has 0 atom stereocenters. The van der Waals surface area contributed by atoms with E-state index in [0.717, 1.165) is 12.1 Å². The molecule has 0 aliphatic rings. The highest BCUT2D eigenvalue weighted by atomic mass is 35.5. The van der Waals surface area contributed by atoms with E-state index in [2.05, 4.69) is 51.2 Å². The second kappa shape index (κ2) is 8.09. The Morgan fingerprint density at radius 3 is 2.36 bits per heavy atom. The Morgan fingerprint density at radius 2 is 1.80 bits per heavy atom. The normalized spacial score (nSPS) is 11.7. The van der Waals surface area contributed by atoms with Crippen LogP contribution in [0.3, 0.4) is 0 Å². The van der Waals surface area contributed by atoms with Crippen LogP contribution in [0.15, 0.2) is 58.9 Å². The predicted molar refractivity (Wildman–Crippen MR) is 101 cm³/mol. The van der Waals surface area contributed by atoms with Gasteiger partial charge in [-0.2, -0.15) is 10.2 Å². The van der Waals surface area contributed by atoms with Crippen molar-refractivity contribution in [3.8, 4) is 0 Å². The molecule has 0 aliphatic heterocycles. The molecule has 3 aromatic rings. The third-order valence-corrected chi connectivity index (χ3v) is 4.03. The number of aliphatic imine (C=N–C) groups is 2. The summed E-state index contributed by atoms with van der Waals surface area (Å²) in [5.41, 5.74) is 2.91. The van der Waals surface area contributed by atoms with E-state index in [9.17, 15) is 0 Å². The molecule has 0 fully saturated rings.